The van der Waals surface area contributed by atoms with Gasteiger partial charge in [-0.3, -0.25) is 4.79 Å². The molecule has 0 fully saturated rings. The summed E-state index contributed by atoms with van der Waals surface area (Å²) in [5.41, 5.74) is 3.94. The highest BCUT2D eigenvalue weighted by Crippen LogP contribution is 2.31. The molecule has 4 heteroatoms. The molecule has 1 unspecified atom stereocenters. The predicted octanol–water partition coefficient (Wildman–Crippen LogP) is 4.34. The Kier molecular flexibility index (Phi) is 4.58. The maximum atomic E-state index is 11.8. The van der Waals surface area contributed by atoms with Crippen LogP contribution in [0.2, 0.25) is 5.02 Å². The Morgan fingerprint density at radius 1 is 1.09 bits per heavy atom. The van der Waals surface area contributed by atoms with E-state index in [9.17, 15) is 15.0 Å². The number of fused-ring (bicyclic) bond motifs is 1. The number of aromatic hydroxyl groups is 1. The van der Waals surface area contributed by atoms with Crippen LogP contribution < -0.4 is 0 Å². The van der Waals surface area contributed by atoms with Gasteiger partial charge in [0.25, 0.3) is 0 Å². The van der Waals surface area contributed by atoms with Crippen molar-refractivity contribution >= 4 is 17.6 Å². The number of carboxylic acids is 1. The molecule has 0 spiro atoms. The molecule has 0 aliphatic heterocycles. The third-order valence-corrected chi connectivity index (χ3v) is 4.77. The predicted molar refractivity (Wildman–Crippen MR) is 90.3 cm³/mol. The Hall–Kier alpha value is -2.00. The maximum Gasteiger partial charge on any atom is 0.311 e. The molecule has 0 radical (unpaired) electrons. The highest BCUT2D eigenvalue weighted by Gasteiger charge is 2.23. The van der Waals surface area contributed by atoms with Gasteiger partial charge in [0.05, 0.1) is 5.92 Å². The molecular formula is C19H19ClO3. The number of hydrogen-bond acceptors (Lipinski definition) is 2. The van der Waals surface area contributed by atoms with Crippen LogP contribution in [0.4, 0.5) is 0 Å². The second kappa shape index (κ2) is 6.63. The van der Waals surface area contributed by atoms with Gasteiger partial charge in [-0.05, 0) is 72.6 Å². The lowest BCUT2D eigenvalue weighted by atomic mass is 9.85. The van der Waals surface area contributed by atoms with E-state index in [-0.39, 0.29) is 12.2 Å². The van der Waals surface area contributed by atoms with Gasteiger partial charge in [-0.2, -0.15) is 0 Å². The fourth-order valence-corrected chi connectivity index (χ4v) is 3.45. The Morgan fingerprint density at radius 2 is 1.83 bits per heavy atom. The zero-order valence-electron chi connectivity index (χ0n) is 12.8. The van der Waals surface area contributed by atoms with Gasteiger partial charge in [0, 0.05) is 5.02 Å². The van der Waals surface area contributed by atoms with E-state index < -0.39 is 11.9 Å². The number of aryl methyl sites for hydroxylation is 2. The van der Waals surface area contributed by atoms with Crippen LogP contribution in [0.5, 0.6) is 5.75 Å². The normalized spacial score (nSPS) is 15.0. The SMILES string of the molecule is O=C(O)C(Cc1cc(Cl)ccc1O)c1ccc2c(c1)CCCC2. The van der Waals surface area contributed by atoms with E-state index in [1.165, 1.54) is 23.6 Å². The highest BCUT2D eigenvalue weighted by molar-refractivity contribution is 6.30. The first-order valence-corrected chi connectivity index (χ1v) is 8.24. The van der Waals surface area contributed by atoms with E-state index >= 15 is 0 Å². The molecule has 2 aromatic rings. The topological polar surface area (TPSA) is 57.5 Å². The van der Waals surface area contributed by atoms with Crippen LogP contribution in [0.3, 0.4) is 0 Å². The van der Waals surface area contributed by atoms with Crippen LogP contribution >= 0.6 is 11.6 Å². The van der Waals surface area contributed by atoms with Crippen molar-refractivity contribution in [3.05, 3.63) is 63.7 Å². The van der Waals surface area contributed by atoms with Gasteiger partial charge >= 0.3 is 5.97 Å². The quantitative estimate of drug-likeness (QED) is 0.877. The average Bonchev–Trinajstić information content (AvgIpc) is 2.55. The van der Waals surface area contributed by atoms with Crippen LogP contribution in [-0.4, -0.2) is 16.2 Å². The number of halogens is 1. The van der Waals surface area contributed by atoms with Crippen molar-refractivity contribution < 1.29 is 15.0 Å². The fourth-order valence-electron chi connectivity index (χ4n) is 3.26. The number of phenolic OH excluding ortho intramolecular Hbond substituents is 1. The van der Waals surface area contributed by atoms with Gasteiger partial charge in [-0.15, -0.1) is 0 Å². The smallest absolute Gasteiger partial charge is 0.311 e. The summed E-state index contributed by atoms with van der Waals surface area (Å²) in [5.74, 6) is -1.50. The minimum atomic E-state index is -0.889. The molecule has 0 bridgehead atoms. The van der Waals surface area contributed by atoms with Crippen LogP contribution in [0.25, 0.3) is 0 Å². The molecule has 0 amide bonds. The summed E-state index contributed by atoms with van der Waals surface area (Å²) in [5, 5.41) is 20.1. The highest BCUT2D eigenvalue weighted by atomic mass is 35.5. The van der Waals surface area contributed by atoms with E-state index in [4.69, 9.17) is 11.6 Å². The average molecular weight is 331 g/mol. The molecule has 2 aromatic carbocycles. The van der Waals surface area contributed by atoms with Crippen LogP contribution in [0, 0.1) is 0 Å². The third kappa shape index (κ3) is 3.50. The van der Waals surface area contributed by atoms with Gasteiger partial charge in [0.1, 0.15) is 5.75 Å². The van der Waals surface area contributed by atoms with E-state index in [2.05, 4.69) is 6.07 Å². The fraction of sp³-hybridized carbons (Fsp3) is 0.316. The Balaban J connectivity index is 1.93. The van der Waals surface area contributed by atoms with Crippen molar-refractivity contribution in [1.29, 1.82) is 0 Å². The van der Waals surface area contributed by atoms with Crippen LogP contribution in [0.15, 0.2) is 36.4 Å². The maximum absolute atomic E-state index is 11.8. The van der Waals surface area contributed by atoms with Crippen LogP contribution in [0.1, 0.15) is 41.0 Å². The largest absolute Gasteiger partial charge is 0.508 e. The number of carbonyl (C=O) groups is 1. The van der Waals surface area contributed by atoms with Gasteiger partial charge in [-0.25, -0.2) is 0 Å². The number of aliphatic carboxylic acids is 1. The Labute approximate surface area is 140 Å². The van der Waals surface area contributed by atoms with Gasteiger partial charge in [-0.1, -0.05) is 29.8 Å². The number of hydrogen-bond donors (Lipinski definition) is 2. The third-order valence-electron chi connectivity index (χ3n) is 4.54. The van der Waals surface area contributed by atoms with Gasteiger partial charge in [0.15, 0.2) is 0 Å². The minimum Gasteiger partial charge on any atom is -0.508 e. The monoisotopic (exact) mass is 330 g/mol. The first-order chi connectivity index (χ1) is 11.0. The number of phenols is 1. The molecule has 120 valence electrons. The molecule has 0 saturated heterocycles. The lowest BCUT2D eigenvalue weighted by molar-refractivity contribution is -0.138. The van der Waals surface area contributed by atoms with Gasteiger partial charge in [0.2, 0.25) is 0 Å². The molecule has 3 rings (SSSR count). The molecule has 2 N–H and O–H groups in total. The number of rotatable bonds is 4. The first-order valence-electron chi connectivity index (χ1n) is 7.86. The molecule has 3 nitrogen and oxygen atoms in total. The molecule has 1 aliphatic carbocycles. The number of carboxylic acid groups (broad SMARTS) is 1. The Morgan fingerprint density at radius 3 is 2.57 bits per heavy atom. The second-order valence-corrected chi connectivity index (χ2v) is 6.54. The van der Waals surface area contributed by atoms with Crippen molar-refractivity contribution in [2.75, 3.05) is 0 Å². The summed E-state index contributed by atoms with van der Waals surface area (Å²) in [6.45, 7) is 0. The summed E-state index contributed by atoms with van der Waals surface area (Å²) in [7, 11) is 0. The summed E-state index contributed by atoms with van der Waals surface area (Å²) in [6, 6.07) is 10.7. The van der Waals surface area contributed by atoms with Crippen molar-refractivity contribution in [1.82, 2.24) is 0 Å². The Bertz CT molecular complexity index is 739. The number of benzene rings is 2. The molecule has 1 aliphatic rings. The van der Waals surface area contributed by atoms with Gasteiger partial charge < -0.3 is 10.2 Å². The van der Waals surface area contributed by atoms with Crippen molar-refractivity contribution in [3.8, 4) is 5.75 Å². The van der Waals surface area contributed by atoms with E-state index in [0.717, 1.165) is 24.8 Å². The molecular weight excluding hydrogens is 312 g/mol. The molecule has 0 aromatic heterocycles. The second-order valence-electron chi connectivity index (χ2n) is 6.10. The summed E-state index contributed by atoms with van der Waals surface area (Å²) in [4.78, 5) is 11.8. The van der Waals surface area contributed by atoms with Crippen molar-refractivity contribution in [2.45, 2.75) is 38.0 Å². The van der Waals surface area contributed by atoms with E-state index in [0.29, 0.717) is 10.6 Å². The minimum absolute atomic E-state index is 0.0820. The zero-order valence-corrected chi connectivity index (χ0v) is 13.5. The molecule has 0 heterocycles. The summed E-state index contributed by atoms with van der Waals surface area (Å²) in [6.07, 6.45) is 4.66. The van der Waals surface area contributed by atoms with E-state index in [1.54, 1.807) is 12.1 Å². The first kappa shape index (κ1) is 15.9. The molecule has 23 heavy (non-hydrogen) atoms. The van der Waals surface area contributed by atoms with Crippen molar-refractivity contribution in [3.63, 3.8) is 0 Å². The van der Waals surface area contributed by atoms with Crippen LogP contribution in [-0.2, 0) is 24.1 Å². The summed E-state index contributed by atoms with van der Waals surface area (Å²) < 4.78 is 0. The zero-order chi connectivity index (χ0) is 16.4. The summed E-state index contributed by atoms with van der Waals surface area (Å²) >= 11 is 5.96. The van der Waals surface area contributed by atoms with E-state index in [1.807, 2.05) is 12.1 Å². The molecule has 1 atom stereocenters. The standard InChI is InChI=1S/C19H19ClO3/c20-16-7-8-18(21)15(10-16)11-17(19(22)23)14-6-5-12-3-1-2-4-13(12)9-14/h5-10,17,21H,1-4,11H2,(H,22,23). The lowest BCUT2D eigenvalue weighted by Gasteiger charge is -2.20. The lowest BCUT2D eigenvalue weighted by Crippen LogP contribution is -2.16. The van der Waals surface area contributed by atoms with Crippen molar-refractivity contribution in [2.24, 2.45) is 0 Å². The molecule has 0 saturated carbocycles.